The first-order chi connectivity index (χ1) is 17.2. The lowest BCUT2D eigenvalue weighted by Crippen LogP contribution is -1.96. The Labute approximate surface area is 211 Å². The average molecular weight is 494 g/mol. The van der Waals surface area contributed by atoms with E-state index in [0.29, 0.717) is 10.0 Å². The van der Waals surface area contributed by atoms with E-state index >= 15 is 0 Å². The van der Waals surface area contributed by atoms with Gasteiger partial charge in [0.25, 0.3) is 0 Å². The molecule has 0 fully saturated rings. The van der Waals surface area contributed by atoms with Crippen LogP contribution in [0.25, 0.3) is 55.9 Å². The minimum Gasteiger partial charge on any atom is -0.355 e. The van der Waals surface area contributed by atoms with Gasteiger partial charge in [0.1, 0.15) is 11.2 Å². The van der Waals surface area contributed by atoms with E-state index in [-0.39, 0.29) is 0 Å². The fourth-order valence-electron chi connectivity index (χ4n) is 4.10. The van der Waals surface area contributed by atoms with E-state index in [1.165, 1.54) is 0 Å². The second-order valence-electron chi connectivity index (χ2n) is 8.12. The molecule has 0 saturated carbocycles. The van der Waals surface area contributed by atoms with Crippen molar-refractivity contribution in [3.8, 4) is 45.0 Å². The first kappa shape index (κ1) is 21.5. The number of benzene rings is 4. The molecule has 4 nitrogen and oxygen atoms in total. The van der Waals surface area contributed by atoms with Gasteiger partial charge in [-0.25, -0.2) is 0 Å². The minimum atomic E-state index is 0.666. The van der Waals surface area contributed by atoms with Crippen LogP contribution in [0.2, 0.25) is 10.0 Å². The zero-order valence-corrected chi connectivity index (χ0v) is 19.8. The standard InChI is InChI=1S/C29H17Cl2N3O/c30-22-11-6-18(7-12-22)27-17-24(28(33-32-27)19-8-13-23(31)14-9-19)21-10-15-26-25(16-21)29(35-34-26)20-4-2-1-3-5-20/h1-17H. The molecule has 2 heterocycles. The van der Waals surface area contributed by atoms with Gasteiger partial charge in [-0.3, -0.25) is 0 Å². The molecule has 0 spiro atoms. The zero-order chi connectivity index (χ0) is 23.8. The Bertz CT molecular complexity index is 1640. The number of nitrogens with zero attached hydrogens (tertiary/aromatic N) is 3. The second-order valence-corrected chi connectivity index (χ2v) is 8.99. The van der Waals surface area contributed by atoms with Crippen molar-refractivity contribution in [2.45, 2.75) is 0 Å². The molecule has 4 aromatic carbocycles. The third-order valence-corrected chi connectivity index (χ3v) is 6.38. The lowest BCUT2D eigenvalue weighted by molar-refractivity contribution is 0.441. The Morgan fingerprint density at radius 2 is 1.23 bits per heavy atom. The smallest absolute Gasteiger partial charge is 0.174 e. The first-order valence-electron chi connectivity index (χ1n) is 11.0. The Morgan fingerprint density at radius 1 is 0.571 bits per heavy atom. The third-order valence-electron chi connectivity index (χ3n) is 5.87. The summed E-state index contributed by atoms with van der Waals surface area (Å²) < 4.78 is 5.72. The van der Waals surface area contributed by atoms with E-state index in [2.05, 4.69) is 27.5 Å². The van der Waals surface area contributed by atoms with Gasteiger partial charge in [-0.05, 0) is 48.0 Å². The van der Waals surface area contributed by atoms with E-state index in [9.17, 15) is 0 Å². The SMILES string of the molecule is Clc1ccc(-c2cc(-c3ccc4noc(-c5ccccc5)c4c3)c(-c3ccc(Cl)cc3)nn2)cc1. The minimum absolute atomic E-state index is 0.666. The van der Waals surface area contributed by atoms with Crippen LogP contribution >= 0.6 is 23.2 Å². The summed E-state index contributed by atoms with van der Waals surface area (Å²) in [4.78, 5) is 0. The number of aromatic nitrogens is 3. The molecule has 168 valence electrons. The molecule has 0 saturated heterocycles. The van der Waals surface area contributed by atoms with Gasteiger partial charge in [0, 0.05) is 32.3 Å². The summed E-state index contributed by atoms with van der Waals surface area (Å²) in [6.45, 7) is 0. The molecule has 6 heteroatoms. The van der Waals surface area contributed by atoms with Crippen molar-refractivity contribution in [2.24, 2.45) is 0 Å². The molecule has 0 aliphatic rings. The fourth-order valence-corrected chi connectivity index (χ4v) is 4.35. The van der Waals surface area contributed by atoms with Crippen molar-refractivity contribution in [1.29, 1.82) is 0 Å². The number of rotatable bonds is 4. The van der Waals surface area contributed by atoms with Crippen LogP contribution in [0.3, 0.4) is 0 Å². The Kier molecular flexibility index (Phi) is 5.53. The topological polar surface area (TPSA) is 51.8 Å². The molecule has 0 atom stereocenters. The van der Waals surface area contributed by atoms with Crippen LogP contribution in [-0.2, 0) is 0 Å². The third kappa shape index (κ3) is 4.18. The van der Waals surface area contributed by atoms with E-state index < -0.39 is 0 Å². The average Bonchev–Trinajstić information content (AvgIpc) is 3.33. The highest BCUT2D eigenvalue weighted by atomic mass is 35.5. The van der Waals surface area contributed by atoms with Crippen LogP contribution in [0.5, 0.6) is 0 Å². The summed E-state index contributed by atoms with van der Waals surface area (Å²) in [5, 5.41) is 15.7. The van der Waals surface area contributed by atoms with Crippen molar-refractivity contribution >= 4 is 34.1 Å². The molecule has 6 rings (SSSR count). The maximum absolute atomic E-state index is 6.14. The first-order valence-corrected chi connectivity index (χ1v) is 11.8. The highest BCUT2D eigenvalue weighted by molar-refractivity contribution is 6.31. The summed E-state index contributed by atoms with van der Waals surface area (Å²) in [5.74, 6) is 0.732. The summed E-state index contributed by atoms with van der Waals surface area (Å²) in [5.41, 5.74) is 7.05. The van der Waals surface area contributed by atoms with E-state index in [1.807, 2.05) is 91.0 Å². The van der Waals surface area contributed by atoms with E-state index in [4.69, 9.17) is 27.7 Å². The van der Waals surface area contributed by atoms with Crippen LogP contribution in [0.15, 0.2) is 108 Å². The molecule has 0 N–H and O–H groups in total. The van der Waals surface area contributed by atoms with Crippen LogP contribution < -0.4 is 0 Å². The molecule has 0 bridgehead atoms. The van der Waals surface area contributed by atoms with Crippen molar-refractivity contribution < 1.29 is 4.52 Å². The quantitative estimate of drug-likeness (QED) is 0.246. The van der Waals surface area contributed by atoms with Crippen molar-refractivity contribution in [3.05, 3.63) is 113 Å². The van der Waals surface area contributed by atoms with E-state index in [1.54, 1.807) is 0 Å². The largest absolute Gasteiger partial charge is 0.355 e. The van der Waals surface area contributed by atoms with Gasteiger partial charge < -0.3 is 4.52 Å². The van der Waals surface area contributed by atoms with Gasteiger partial charge in [0.05, 0.1) is 11.1 Å². The van der Waals surface area contributed by atoms with Crippen LogP contribution in [-0.4, -0.2) is 15.4 Å². The summed E-state index contributed by atoms with van der Waals surface area (Å²) >= 11 is 12.2. The molecule has 6 aromatic rings. The highest BCUT2D eigenvalue weighted by Gasteiger charge is 2.16. The lowest BCUT2D eigenvalue weighted by Gasteiger charge is -2.11. The molecular weight excluding hydrogens is 477 g/mol. The summed E-state index contributed by atoms with van der Waals surface area (Å²) in [7, 11) is 0. The van der Waals surface area contributed by atoms with Gasteiger partial charge >= 0.3 is 0 Å². The number of fused-ring (bicyclic) bond motifs is 1. The molecule has 35 heavy (non-hydrogen) atoms. The molecule has 2 aromatic heterocycles. The Hall–Kier alpha value is -3.99. The molecule has 0 aliphatic carbocycles. The van der Waals surface area contributed by atoms with Crippen molar-refractivity contribution in [3.63, 3.8) is 0 Å². The predicted molar refractivity (Wildman–Crippen MR) is 141 cm³/mol. The molecule has 0 aliphatic heterocycles. The van der Waals surface area contributed by atoms with Gasteiger partial charge in [-0.15, -0.1) is 10.2 Å². The van der Waals surface area contributed by atoms with Gasteiger partial charge in [0.2, 0.25) is 0 Å². The van der Waals surface area contributed by atoms with E-state index in [0.717, 1.165) is 55.9 Å². The maximum atomic E-state index is 6.14. The van der Waals surface area contributed by atoms with Gasteiger partial charge in [-0.1, -0.05) is 89.0 Å². The number of halogens is 2. The van der Waals surface area contributed by atoms with Gasteiger partial charge in [-0.2, -0.15) is 0 Å². The molecule has 0 radical (unpaired) electrons. The number of hydrogen-bond donors (Lipinski definition) is 0. The lowest BCUT2D eigenvalue weighted by atomic mass is 9.96. The van der Waals surface area contributed by atoms with Crippen molar-refractivity contribution in [2.75, 3.05) is 0 Å². The van der Waals surface area contributed by atoms with Crippen LogP contribution in [0.1, 0.15) is 0 Å². The van der Waals surface area contributed by atoms with Crippen LogP contribution in [0.4, 0.5) is 0 Å². The molecule has 0 unspecified atom stereocenters. The second kappa shape index (κ2) is 8.99. The highest BCUT2D eigenvalue weighted by Crippen LogP contribution is 2.37. The van der Waals surface area contributed by atoms with Crippen molar-refractivity contribution in [1.82, 2.24) is 15.4 Å². The van der Waals surface area contributed by atoms with Crippen LogP contribution in [0, 0.1) is 0 Å². The monoisotopic (exact) mass is 493 g/mol. The normalized spacial score (nSPS) is 11.1. The maximum Gasteiger partial charge on any atom is 0.174 e. The Balaban J connectivity index is 1.56. The Morgan fingerprint density at radius 3 is 1.94 bits per heavy atom. The fraction of sp³-hybridized carbons (Fsp3) is 0. The predicted octanol–water partition coefficient (Wildman–Crippen LogP) is 8.59. The summed E-state index contributed by atoms with van der Waals surface area (Å²) in [6, 6.07) is 33.3. The van der Waals surface area contributed by atoms with Gasteiger partial charge in [0.15, 0.2) is 5.76 Å². The molecular formula is C29H17Cl2N3O. The zero-order valence-electron chi connectivity index (χ0n) is 18.3. The summed E-state index contributed by atoms with van der Waals surface area (Å²) in [6.07, 6.45) is 0. The number of hydrogen-bond acceptors (Lipinski definition) is 4. The molecule has 0 amide bonds.